The first-order valence-electron chi connectivity index (χ1n) is 9.14. The van der Waals surface area contributed by atoms with Gasteiger partial charge in [-0.3, -0.25) is 0 Å². The van der Waals surface area contributed by atoms with E-state index in [9.17, 15) is 4.79 Å². The van der Waals surface area contributed by atoms with Crippen molar-refractivity contribution in [3.63, 3.8) is 0 Å². The van der Waals surface area contributed by atoms with Crippen molar-refractivity contribution in [3.05, 3.63) is 71.9 Å². The first-order chi connectivity index (χ1) is 14.1. The van der Waals surface area contributed by atoms with Crippen LogP contribution in [-0.2, 0) is 6.54 Å². The molecule has 0 fully saturated rings. The maximum atomic E-state index is 12.3. The van der Waals surface area contributed by atoms with Gasteiger partial charge in [-0.05, 0) is 42.8 Å². The summed E-state index contributed by atoms with van der Waals surface area (Å²) in [7, 11) is 1.62. The molecule has 0 bridgehead atoms. The smallest absolute Gasteiger partial charge is 0.319 e. The second-order valence-electron chi connectivity index (χ2n) is 6.49. The first-order valence-corrected chi connectivity index (χ1v) is 9.14. The minimum Gasteiger partial charge on any atom is -0.497 e. The Morgan fingerprint density at radius 1 is 1.07 bits per heavy atom. The number of amides is 2. The number of ether oxygens (including phenoxy) is 1. The third kappa shape index (κ3) is 4.19. The Bertz CT molecular complexity index is 1140. The van der Waals surface area contributed by atoms with E-state index in [0.29, 0.717) is 35.0 Å². The summed E-state index contributed by atoms with van der Waals surface area (Å²) >= 11 is 0. The van der Waals surface area contributed by atoms with Crippen LogP contribution >= 0.6 is 0 Å². The molecule has 0 aliphatic rings. The van der Waals surface area contributed by atoms with E-state index in [2.05, 4.69) is 20.6 Å². The number of nitrogens with one attached hydrogen (secondary N) is 2. The van der Waals surface area contributed by atoms with Gasteiger partial charge in [-0.25, -0.2) is 14.8 Å². The number of oxazole rings is 1. The number of benzene rings is 2. The molecule has 2 amide bonds. The number of rotatable bonds is 5. The zero-order valence-electron chi connectivity index (χ0n) is 16.1. The van der Waals surface area contributed by atoms with Crippen LogP contribution < -0.4 is 15.4 Å². The molecule has 0 aliphatic heterocycles. The molecule has 0 aliphatic carbocycles. The molecule has 7 nitrogen and oxygen atoms in total. The molecule has 0 saturated carbocycles. The first kappa shape index (κ1) is 18.5. The van der Waals surface area contributed by atoms with Crippen LogP contribution in [0.3, 0.4) is 0 Å². The molecule has 0 radical (unpaired) electrons. The highest BCUT2D eigenvalue weighted by molar-refractivity contribution is 5.92. The average Bonchev–Trinajstić information content (AvgIpc) is 3.16. The second-order valence-corrected chi connectivity index (χ2v) is 6.49. The van der Waals surface area contributed by atoms with Crippen molar-refractivity contribution in [2.45, 2.75) is 13.5 Å². The van der Waals surface area contributed by atoms with E-state index >= 15 is 0 Å². The molecule has 2 heterocycles. The summed E-state index contributed by atoms with van der Waals surface area (Å²) < 4.78 is 10.9. The molecule has 7 heteroatoms. The fourth-order valence-corrected chi connectivity index (χ4v) is 2.87. The molecule has 146 valence electrons. The largest absolute Gasteiger partial charge is 0.497 e. The van der Waals surface area contributed by atoms with E-state index in [1.165, 1.54) is 0 Å². The molecular formula is C22H20N4O3. The van der Waals surface area contributed by atoms with E-state index in [1.54, 1.807) is 13.2 Å². The summed E-state index contributed by atoms with van der Waals surface area (Å²) in [6, 6.07) is 18.6. The maximum absolute atomic E-state index is 12.3. The van der Waals surface area contributed by atoms with Crippen molar-refractivity contribution in [3.8, 4) is 17.2 Å². The monoisotopic (exact) mass is 388 g/mol. The van der Waals surface area contributed by atoms with Gasteiger partial charge >= 0.3 is 6.03 Å². The number of aromatic nitrogens is 2. The molecule has 2 N–H and O–H groups in total. The second kappa shape index (κ2) is 8.02. The van der Waals surface area contributed by atoms with E-state index in [-0.39, 0.29) is 6.03 Å². The van der Waals surface area contributed by atoms with Crippen molar-refractivity contribution in [1.82, 2.24) is 15.3 Å². The number of hydrogen-bond acceptors (Lipinski definition) is 5. The summed E-state index contributed by atoms with van der Waals surface area (Å²) in [5.74, 6) is 1.27. The van der Waals surface area contributed by atoms with Gasteiger partial charge in [0.2, 0.25) is 11.6 Å². The van der Waals surface area contributed by atoms with Crippen LogP contribution in [0.1, 0.15) is 11.3 Å². The van der Waals surface area contributed by atoms with Crippen molar-refractivity contribution >= 4 is 22.9 Å². The quantitative estimate of drug-likeness (QED) is 0.524. The van der Waals surface area contributed by atoms with Gasteiger partial charge in [0, 0.05) is 12.1 Å². The van der Waals surface area contributed by atoms with Crippen LogP contribution in [0.4, 0.5) is 10.5 Å². The number of carbonyl (C=O) groups is 1. The van der Waals surface area contributed by atoms with Crippen LogP contribution in [0.15, 0.2) is 65.1 Å². The number of nitrogens with zero attached hydrogens (tertiary/aromatic N) is 2. The number of hydrogen-bond donors (Lipinski definition) is 2. The summed E-state index contributed by atoms with van der Waals surface area (Å²) in [6.07, 6.45) is 0. The van der Waals surface area contributed by atoms with Crippen molar-refractivity contribution in [2.75, 3.05) is 12.4 Å². The van der Waals surface area contributed by atoms with E-state index < -0.39 is 0 Å². The summed E-state index contributed by atoms with van der Waals surface area (Å²) in [6.45, 7) is 2.20. The molecular weight excluding hydrogens is 368 g/mol. The number of carbonyl (C=O) groups excluding carboxylic acids is 1. The lowest BCUT2D eigenvalue weighted by Gasteiger charge is -2.09. The van der Waals surface area contributed by atoms with Crippen LogP contribution in [0, 0.1) is 6.92 Å². The molecule has 0 atom stereocenters. The molecule has 29 heavy (non-hydrogen) atoms. The lowest BCUT2D eigenvalue weighted by Crippen LogP contribution is -2.28. The zero-order valence-corrected chi connectivity index (χ0v) is 16.1. The highest BCUT2D eigenvalue weighted by atomic mass is 16.5. The Morgan fingerprint density at radius 3 is 2.55 bits per heavy atom. The normalized spacial score (nSPS) is 10.7. The Morgan fingerprint density at radius 2 is 1.83 bits per heavy atom. The molecule has 0 spiro atoms. The average molecular weight is 388 g/mol. The van der Waals surface area contributed by atoms with Crippen molar-refractivity contribution in [2.24, 2.45) is 0 Å². The molecule has 2 aromatic carbocycles. The van der Waals surface area contributed by atoms with Gasteiger partial charge in [0.1, 0.15) is 11.3 Å². The highest BCUT2D eigenvalue weighted by Gasteiger charge is 2.13. The molecule has 0 saturated heterocycles. The Kier molecular flexibility index (Phi) is 5.11. The number of fused-ring (bicyclic) bond motifs is 1. The number of pyridine rings is 1. The highest BCUT2D eigenvalue weighted by Crippen LogP contribution is 2.26. The summed E-state index contributed by atoms with van der Waals surface area (Å²) in [4.78, 5) is 21.2. The number of anilines is 1. The third-order valence-corrected chi connectivity index (χ3v) is 4.46. The van der Waals surface area contributed by atoms with E-state index in [1.807, 2.05) is 61.5 Å². The number of urea groups is 1. The van der Waals surface area contributed by atoms with Gasteiger partial charge in [0.25, 0.3) is 0 Å². The van der Waals surface area contributed by atoms with Gasteiger partial charge in [0.15, 0.2) is 0 Å². The van der Waals surface area contributed by atoms with E-state index in [0.717, 1.165) is 16.9 Å². The van der Waals surface area contributed by atoms with Crippen LogP contribution in [-0.4, -0.2) is 23.1 Å². The van der Waals surface area contributed by atoms with Crippen molar-refractivity contribution < 1.29 is 13.9 Å². The summed E-state index contributed by atoms with van der Waals surface area (Å²) in [5, 5.41) is 5.65. The topological polar surface area (TPSA) is 89.3 Å². The Hall–Kier alpha value is -3.87. The van der Waals surface area contributed by atoms with Crippen LogP contribution in [0.2, 0.25) is 0 Å². The lowest BCUT2D eigenvalue weighted by molar-refractivity contribution is 0.251. The molecule has 2 aromatic heterocycles. The van der Waals surface area contributed by atoms with Gasteiger partial charge in [0.05, 0.1) is 18.5 Å². The molecule has 4 aromatic rings. The minimum absolute atomic E-state index is 0.322. The minimum atomic E-state index is -0.322. The molecule has 4 rings (SSSR count). The molecule has 0 unspecified atom stereocenters. The predicted octanol–water partition coefficient (Wildman–Crippen LogP) is 4.53. The number of methoxy groups -OCH3 is 1. The van der Waals surface area contributed by atoms with Gasteiger partial charge in [-0.2, -0.15) is 0 Å². The Balaban J connectivity index is 1.46. The standard InChI is InChI=1S/C22H20N4O3/c1-14-18(26-22(27)23-13-15-8-10-17(28-2)11-9-15)12-19-21(24-14)29-20(25-19)16-6-4-3-5-7-16/h3-12H,13H2,1-2H3,(H2,23,26,27). The van der Waals surface area contributed by atoms with Gasteiger partial charge in [-0.1, -0.05) is 30.3 Å². The van der Waals surface area contributed by atoms with Gasteiger partial charge in [-0.15, -0.1) is 0 Å². The lowest BCUT2D eigenvalue weighted by atomic mass is 10.2. The fourth-order valence-electron chi connectivity index (χ4n) is 2.87. The summed E-state index contributed by atoms with van der Waals surface area (Å²) in [5.41, 5.74) is 4.08. The third-order valence-electron chi connectivity index (χ3n) is 4.46. The van der Waals surface area contributed by atoms with Crippen LogP contribution in [0.25, 0.3) is 22.7 Å². The Labute approximate surface area is 167 Å². The van der Waals surface area contributed by atoms with Crippen molar-refractivity contribution in [1.29, 1.82) is 0 Å². The SMILES string of the molecule is COc1ccc(CNC(=O)Nc2cc3nc(-c4ccccc4)oc3nc2C)cc1. The van der Waals surface area contributed by atoms with Crippen LogP contribution in [0.5, 0.6) is 5.75 Å². The van der Waals surface area contributed by atoms with E-state index in [4.69, 9.17) is 9.15 Å². The fraction of sp³-hybridized carbons (Fsp3) is 0.136. The maximum Gasteiger partial charge on any atom is 0.319 e. The predicted molar refractivity (Wildman–Crippen MR) is 111 cm³/mol. The van der Waals surface area contributed by atoms with Gasteiger partial charge < -0.3 is 19.8 Å². The zero-order chi connectivity index (χ0) is 20.2. The number of aryl methyl sites for hydroxylation is 1.